The van der Waals surface area contributed by atoms with Crippen LogP contribution in [0, 0.1) is 6.92 Å². The highest BCUT2D eigenvalue weighted by Gasteiger charge is 2.46. The summed E-state index contributed by atoms with van der Waals surface area (Å²) in [6, 6.07) is 5.25. The lowest BCUT2D eigenvalue weighted by Gasteiger charge is -2.28. The first-order valence-electron chi connectivity index (χ1n) is 6.81. The van der Waals surface area contributed by atoms with Gasteiger partial charge in [0.2, 0.25) is 0 Å². The van der Waals surface area contributed by atoms with Crippen molar-refractivity contribution in [3.05, 3.63) is 29.3 Å². The van der Waals surface area contributed by atoms with Crippen molar-refractivity contribution in [1.29, 1.82) is 0 Å². The van der Waals surface area contributed by atoms with E-state index in [0.717, 1.165) is 5.56 Å². The Kier molecular flexibility index (Phi) is 4.61. The van der Waals surface area contributed by atoms with E-state index in [9.17, 15) is 9.36 Å². The average Bonchev–Trinajstić information content (AvgIpc) is 2.40. The van der Waals surface area contributed by atoms with Crippen LogP contribution in [0.25, 0.3) is 0 Å². The molecule has 0 aromatic heterocycles. The number of carbonyl (C=O) groups is 1. The summed E-state index contributed by atoms with van der Waals surface area (Å²) in [5.41, 5.74) is 6.48. The van der Waals surface area contributed by atoms with E-state index in [1.807, 2.05) is 13.0 Å². The largest absolute Gasteiger partial charge is 0.386 e. The fourth-order valence-corrected chi connectivity index (χ4v) is 4.23. The van der Waals surface area contributed by atoms with E-state index in [1.165, 1.54) is 0 Å². The number of carbonyl (C=O) groups excluding carboxylic acids is 1. The molecule has 1 aliphatic heterocycles. The minimum atomic E-state index is -3.68. The third-order valence-corrected chi connectivity index (χ3v) is 5.57. The molecule has 0 radical (unpaired) electrons. The molecule has 0 saturated heterocycles. The zero-order chi connectivity index (χ0) is 15.6. The Morgan fingerprint density at radius 2 is 1.90 bits per heavy atom. The second-order valence-corrected chi connectivity index (χ2v) is 6.76. The third-order valence-electron chi connectivity index (χ3n) is 3.21. The molecule has 0 spiro atoms. The van der Waals surface area contributed by atoms with Gasteiger partial charge >= 0.3 is 7.60 Å². The molecule has 2 rings (SSSR count). The minimum Gasteiger partial charge on any atom is -0.386 e. The molecular weight excluding hydrogens is 291 g/mol. The van der Waals surface area contributed by atoms with Gasteiger partial charge in [-0.05, 0) is 32.4 Å². The number of aryl methyl sites for hydroxylation is 1. The van der Waals surface area contributed by atoms with Crippen molar-refractivity contribution in [3.8, 4) is 0 Å². The topological polar surface area (TPSA) is 91.0 Å². The van der Waals surface area contributed by atoms with Crippen LogP contribution in [0.2, 0.25) is 0 Å². The maximum absolute atomic E-state index is 12.9. The van der Waals surface area contributed by atoms with Crippen molar-refractivity contribution in [2.45, 2.75) is 26.4 Å². The summed E-state index contributed by atoms with van der Waals surface area (Å²) in [4.78, 5) is 16.9. The van der Waals surface area contributed by atoms with Gasteiger partial charge in [0, 0.05) is 5.56 Å². The fraction of sp³-hybridized carbons (Fsp3) is 0.429. The lowest BCUT2D eigenvalue weighted by molar-refractivity contribution is 0.0987. The van der Waals surface area contributed by atoms with E-state index in [0.29, 0.717) is 11.3 Å². The quantitative estimate of drug-likeness (QED) is 0.844. The Morgan fingerprint density at radius 1 is 1.29 bits per heavy atom. The average molecular weight is 310 g/mol. The number of amidine groups is 1. The van der Waals surface area contributed by atoms with E-state index in [-0.39, 0.29) is 24.8 Å². The number of para-hydroxylation sites is 1. The molecule has 1 atom stereocenters. The molecule has 0 bridgehead atoms. The lowest BCUT2D eigenvalue weighted by Crippen LogP contribution is -2.39. The summed E-state index contributed by atoms with van der Waals surface area (Å²) in [7, 11) is -3.68. The fourth-order valence-electron chi connectivity index (χ4n) is 2.33. The predicted molar refractivity (Wildman–Crippen MR) is 81.4 cm³/mol. The molecule has 0 aliphatic carbocycles. The summed E-state index contributed by atoms with van der Waals surface area (Å²) in [5.74, 6) is -0.390. The number of ketones is 1. The zero-order valence-electron chi connectivity index (χ0n) is 12.3. The molecule has 1 aliphatic rings. The van der Waals surface area contributed by atoms with Gasteiger partial charge in [-0.1, -0.05) is 12.1 Å². The number of benzene rings is 1. The van der Waals surface area contributed by atoms with E-state index in [2.05, 4.69) is 4.99 Å². The van der Waals surface area contributed by atoms with Gasteiger partial charge in [-0.15, -0.1) is 0 Å². The first-order chi connectivity index (χ1) is 9.94. The molecule has 6 nitrogen and oxygen atoms in total. The summed E-state index contributed by atoms with van der Waals surface area (Å²) in [5, 5.41) is 0. The third kappa shape index (κ3) is 2.79. The maximum Gasteiger partial charge on any atom is 0.349 e. The summed E-state index contributed by atoms with van der Waals surface area (Å²) in [6.45, 7) is 5.53. The van der Waals surface area contributed by atoms with Crippen LogP contribution >= 0.6 is 7.60 Å². The summed E-state index contributed by atoms with van der Waals surface area (Å²) < 4.78 is 23.4. The monoisotopic (exact) mass is 310 g/mol. The van der Waals surface area contributed by atoms with Gasteiger partial charge in [0.05, 0.1) is 18.9 Å². The Morgan fingerprint density at radius 3 is 2.48 bits per heavy atom. The van der Waals surface area contributed by atoms with Gasteiger partial charge in [-0.25, -0.2) is 4.99 Å². The van der Waals surface area contributed by atoms with Gasteiger partial charge in [0.1, 0.15) is 5.84 Å². The Hall–Kier alpha value is -1.49. The van der Waals surface area contributed by atoms with Crippen LogP contribution in [0.5, 0.6) is 0 Å². The summed E-state index contributed by atoms with van der Waals surface area (Å²) >= 11 is 0. The molecule has 114 valence electrons. The van der Waals surface area contributed by atoms with E-state index in [1.54, 1.807) is 26.0 Å². The van der Waals surface area contributed by atoms with Gasteiger partial charge in [0.15, 0.2) is 11.4 Å². The minimum absolute atomic E-state index is 0.0213. The van der Waals surface area contributed by atoms with Crippen LogP contribution in [0.4, 0.5) is 5.69 Å². The Labute approximate surface area is 123 Å². The van der Waals surface area contributed by atoms with Crippen molar-refractivity contribution in [2.24, 2.45) is 10.7 Å². The number of rotatable bonds is 5. The number of hydrogen-bond acceptors (Lipinski definition) is 6. The smallest absolute Gasteiger partial charge is 0.349 e. The molecule has 21 heavy (non-hydrogen) atoms. The molecule has 0 fully saturated rings. The number of aliphatic imine (C=N–C) groups is 1. The highest BCUT2D eigenvalue weighted by atomic mass is 31.2. The van der Waals surface area contributed by atoms with Crippen LogP contribution in [0.1, 0.15) is 29.8 Å². The first kappa shape index (κ1) is 15.9. The number of fused-ring (bicyclic) bond motifs is 1. The SMILES string of the molecule is CCOP(=O)(OCC)C1C(=O)c2cccc(C)c2N=C1N. The van der Waals surface area contributed by atoms with Crippen molar-refractivity contribution >= 4 is 24.9 Å². The molecule has 1 heterocycles. The van der Waals surface area contributed by atoms with Gasteiger partial charge in [-0.3, -0.25) is 9.36 Å². The molecule has 2 N–H and O–H groups in total. The van der Waals surface area contributed by atoms with Crippen LogP contribution in [-0.2, 0) is 13.6 Å². The zero-order valence-corrected chi connectivity index (χ0v) is 13.2. The second kappa shape index (κ2) is 6.10. The number of nitrogens with zero attached hydrogens (tertiary/aromatic N) is 1. The van der Waals surface area contributed by atoms with Crippen LogP contribution in [-0.4, -0.2) is 30.5 Å². The Bertz CT molecular complexity index is 632. The molecule has 0 saturated carbocycles. The summed E-state index contributed by atoms with van der Waals surface area (Å²) in [6.07, 6.45) is 0. The molecule has 1 aromatic carbocycles. The normalized spacial score (nSPS) is 18.3. The Balaban J connectivity index is 2.53. The maximum atomic E-state index is 12.9. The second-order valence-electron chi connectivity index (χ2n) is 4.65. The van der Waals surface area contributed by atoms with E-state index in [4.69, 9.17) is 14.8 Å². The molecular formula is C14H19N2O4P. The van der Waals surface area contributed by atoms with Gasteiger partial charge in [0.25, 0.3) is 0 Å². The van der Waals surface area contributed by atoms with Crippen molar-refractivity contribution in [3.63, 3.8) is 0 Å². The van der Waals surface area contributed by atoms with Gasteiger partial charge in [-0.2, -0.15) is 0 Å². The molecule has 7 heteroatoms. The van der Waals surface area contributed by atoms with Crippen LogP contribution < -0.4 is 5.73 Å². The first-order valence-corrected chi connectivity index (χ1v) is 8.42. The van der Waals surface area contributed by atoms with E-state index < -0.39 is 13.3 Å². The lowest BCUT2D eigenvalue weighted by atomic mass is 9.99. The van der Waals surface area contributed by atoms with Crippen molar-refractivity contribution < 1.29 is 18.4 Å². The predicted octanol–water partition coefficient (Wildman–Crippen LogP) is 2.81. The number of Topliss-reactive ketones (excluding diaryl/α,β-unsaturated/α-hetero) is 1. The standard InChI is InChI=1S/C14H19N2O4P/c1-4-19-21(18,20-5-2)13-12(17)10-8-6-7-9(3)11(10)16-14(13)15/h6-8,13H,4-5H2,1-3H3,(H2,15,16). The highest BCUT2D eigenvalue weighted by molar-refractivity contribution is 7.57. The molecule has 1 aromatic rings. The van der Waals surface area contributed by atoms with E-state index >= 15 is 0 Å². The van der Waals surface area contributed by atoms with Crippen molar-refractivity contribution in [2.75, 3.05) is 13.2 Å². The number of nitrogens with two attached hydrogens (primary N) is 1. The van der Waals surface area contributed by atoms with Crippen LogP contribution in [0.3, 0.4) is 0 Å². The molecule has 1 unspecified atom stereocenters. The van der Waals surface area contributed by atoms with Crippen LogP contribution in [0.15, 0.2) is 23.2 Å². The highest BCUT2D eigenvalue weighted by Crippen LogP contribution is 2.55. The molecule has 0 amide bonds. The van der Waals surface area contributed by atoms with Gasteiger partial charge < -0.3 is 14.8 Å². The van der Waals surface area contributed by atoms with Crippen molar-refractivity contribution in [1.82, 2.24) is 0 Å². The number of hydrogen-bond donors (Lipinski definition) is 1.